The topological polar surface area (TPSA) is 76.0 Å². The molecule has 3 rings (SSSR count). The summed E-state index contributed by atoms with van der Waals surface area (Å²) >= 11 is 6.05. The van der Waals surface area contributed by atoms with E-state index in [0.29, 0.717) is 16.5 Å². The maximum atomic E-state index is 13.2. The third-order valence-corrected chi connectivity index (χ3v) is 3.63. The van der Waals surface area contributed by atoms with Crippen LogP contribution in [0.2, 0.25) is 5.02 Å². The fraction of sp³-hybridized carbons (Fsp3) is 0. The monoisotopic (exact) mass is 318 g/mol. The fourth-order valence-electron chi connectivity index (χ4n) is 2.29. The largest absolute Gasteiger partial charge is 0.328 e. The summed E-state index contributed by atoms with van der Waals surface area (Å²) in [5.74, 6) is -0.474. The molecule has 2 aromatic carbocycles. The first-order valence-electron chi connectivity index (χ1n) is 6.22. The molecule has 0 spiro atoms. The highest BCUT2D eigenvalue weighted by atomic mass is 35.5. The van der Waals surface area contributed by atoms with Crippen LogP contribution in [0, 0.1) is 15.9 Å². The minimum Gasteiger partial charge on any atom is -0.328 e. The molecule has 3 aromatic rings. The summed E-state index contributed by atoms with van der Waals surface area (Å²) in [6, 6.07) is 7.91. The predicted octanol–water partition coefficient (Wildman–Crippen LogP) is 3.90. The maximum Gasteiger partial charge on any atom is 0.270 e. The van der Waals surface area contributed by atoms with Crippen molar-refractivity contribution in [2.75, 3.05) is 0 Å². The van der Waals surface area contributed by atoms with Gasteiger partial charge in [0.2, 0.25) is 0 Å². The lowest BCUT2D eigenvalue weighted by Gasteiger charge is -2.08. The predicted molar refractivity (Wildman–Crippen MR) is 81.6 cm³/mol. The SMILES string of the molecule is O=c1[nH]cc(-c2ccc(F)cc2Cl)c2ccc([N+](=O)[O-])cc12. The summed E-state index contributed by atoms with van der Waals surface area (Å²) < 4.78 is 13.2. The number of H-pyrrole nitrogens is 1. The first kappa shape index (κ1) is 14.2. The van der Waals surface area contributed by atoms with E-state index in [9.17, 15) is 19.3 Å². The Morgan fingerprint density at radius 3 is 2.55 bits per heavy atom. The first-order chi connectivity index (χ1) is 10.5. The molecule has 0 bridgehead atoms. The van der Waals surface area contributed by atoms with E-state index in [-0.39, 0.29) is 16.1 Å². The van der Waals surface area contributed by atoms with Gasteiger partial charge in [0, 0.05) is 29.5 Å². The van der Waals surface area contributed by atoms with Gasteiger partial charge in [-0.25, -0.2) is 4.39 Å². The van der Waals surface area contributed by atoms with Crippen LogP contribution < -0.4 is 5.56 Å². The molecule has 0 aliphatic rings. The lowest BCUT2D eigenvalue weighted by atomic mass is 10.0. The third kappa shape index (κ3) is 2.33. The van der Waals surface area contributed by atoms with E-state index >= 15 is 0 Å². The number of hydrogen-bond acceptors (Lipinski definition) is 3. The Hall–Kier alpha value is -2.73. The number of pyridine rings is 1. The molecule has 5 nitrogen and oxygen atoms in total. The van der Waals surface area contributed by atoms with Crippen LogP contribution in [0.15, 0.2) is 47.4 Å². The normalized spacial score (nSPS) is 10.8. The van der Waals surface area contributed by atoms with E-state index in [1.165, 1.54) is 42.6 Å². The number of nitro groups is 1. The van der Waals surface area contributed by atoms with Gasteiger partial charge in [0.1, 0.15) is 5.82 Å². The number of non-ortho nitro benzene ring substituents is 1. The van der Waals surface area contributed by atoms with Crippen molar-refractivity contribution in [1.29, 1.82) is 0 Å². The van der Waals surface area contributed by atoms with Crippen LogP contribution >= 0.6 is 11.6 Å². The molecule has 0 amide bonds. The molecule has 0 aliphatic heterocycles. The maximum absolute atomic E-state index is 13.2. The van der Waals surface area contributed by atoms with E-state index in [1.807, 2.05) is 0 Å². The van der Waals surface area contributed by atoms with Crippen LogP contribution in [0.3, 0.4) is 0 Å². The molecule has 0 saturated carbocycles. The zero-order valence-electron chi connectivity index (χ0n) is 11.0. The number of aromatic nitrogens is 1. The second-order valence-electron chi connectivity index (χ2n) is 4.64. The molecule has 1 N–H and O–H groups in total. The average Bonchev–Trinajstić information content (AvgIpc) is 2.48. The second kappa shape index (κ2) is 5.23. The molecule has 0 aliphatic carbocycles. The molecular weight excluding hydrogens is 311 g/mol. The molecular formula is C15H8ClFN2O3. The van der Waals surface area contributed by atoms with Crippen molar-refractivity contribution < 1.29 is 9.31 Å². The standard InChI is InChI=1S/C15H8ClFN2O3/c16-14-5-8(17)1-3-11(14)13-7-18-15(20)12-6-9(19(21)22)2-4-10(12)13/h1-7H,(H,18,20). The molecule has 0 atom stereocenters. The zero-order valence-corrected chi connectivity index (χ0v) is 11.7. The van der Waals surface area contributed by atoms with Crippen LogP contribution in [-0.4, -0.2) is 9.91 Å². The van der Waals surface area contributed by atoms with Crippen molar-refractivity contribution in [2.45, 2.75) is 0 Å². The number of nitro benzene ring substituents is 1. The van der Waals surface area contributed by atoms with Crippen molar-refractivity contribution in [3.05, 3.63) is 73.9 Å². The van der Waals surface area contributed by atoms with Gasteiger partial charge in [-0.3, -0.25) is 14.9 Å². The average molecular weight is 319 g/mol. The summed E-state index contributed by atoms with van der Waals surface area (Å²) in [5.41, 5.74) is 0.466. The Kier molecular flexibility index (Phi) is 3.38. The highest BCUT2D eigenvalue weighted by Gasteiger charge is 2.14. The third-order valence-electron chi connectivity index (χ3n) is 3.32. The smallest absolute Gasteiger partial charge is 0.270 e. The van der Waals surface area contributed by atoms with E-state index in [1.54, 1.807) is 0 Å². The number of fused-ring (bicyclic) bond motifs is 1. The van der Waals surface area contributed by atoms with Gasteiger partial charge in [0.05, 0.1) is 15.3 Å². The zero-order chi connectivity index (χ0) is 15.9. The Labute approximate surface area is 128 Å². The lowest BCUT2D eigenvalue weighted by molar-refractivity contribution is -0.384. The van der Waals surface area contributed by atoms with Gasteiger partial charge in [-0.15, -0.1) is 0 Å². The Bertz CT molecular complexity index is 969. The number of halogens is 2. The molecule has 0 radical (unpaired) electrons. The summed E-state index contributed by atoms with van der Waals surface area (Å²) in [6.45, 7) is 0. The van der Waals surface area contributed by atoms with Gasteiger partial charge in [-0.2, -0.15) is 0 Å². The van der Waals surface area contributed by atoms with Crippen molar-refractivity contribution in [2.24, 2.45) is 0 Å². The molecule has 22 heavy (non-hydrogen) atoms. The lowest BCUT2D eigenvalue weighted by Crippen LogP contribution is -2.06. The van der Waals surface area contributed by atoms with Crippen LogP contribution in [0.5, 0.6) is 0 Å². The van der Waals surface area contributed by atoms with Gasteiger partial charge in [0.25, 0.3) is 11.2 Å². The second-order valence-corrected chi connectivity index (χ2v) is 5.05. The number of nitrogens with one attached hydrogen (secondary N) is 1. The van der Waals surface area contributed by atoms with Gasteiger partial charge in [-0.1, -0.05) is 11.6 Å². The Morgan fingerprint density at radius 1 is 1.09 bits per heavy atom. The summed E-state index contributed by atoms with van der Waals surface area (Å²) in [5, 5.41) is 11.7. The van der Waals surface area contributed by atoms with Gasteiger partial charge < -0.3 is 4.98 Å². The van der Waals surface area contributed by atoms with E-state index < -0.39 is 16.3 Å². The Morgan fingerprint density at radius 2 is 1.86 bits per heavy atom. The number of rotatable bonds is 2. The minimum absolute atomic E-state index is 0.173. The number of benzene rings is 2. The van der Waals surface area contributed by atoms with E-state index in [4.69, 9.17) is 11.6 Å². The molecule has 0 saturated heterocycles. The molecule has 7 heteroatoms. The van der Waals surface area contributed by atoms with Crippen LogP contribution in [0.1, 0.15) is 0 Å². The van der Waals surface area contributed by atoms with Crippen LogP contribution in [0.4, 0.5) is 10.1 Å². The number of nitrogens with zero attached hydrogens (tertiary/aromatic N) is 1. The van der Waals surface area contributed by atoms with Gasteiger partial charge >= 0.3 is 0 Å². The highest BCUT2D eigenvalue weighted by molar-refractivity contribution is 6.33. The molecule has 1 aromatic heterocycles. The molecule has 0 fully saturated rings. The first-order valence-corrected chi connectivity index (χ1v) is 6.60. The van der Waals surface area contributed by atoms with Gasteiger partial charge in [0.15, 0.2) is 0 Å². The number of hydrogen-bond donors (Lipinski definition) is 1. The molecule has 0 unspecified atom stereocenters. The minimum atomic E-state index is -0.573. The molecule has 1 heterocycles. The van der Waals surface area contributed by atoms with Crippen molar-refractivity contribution in [3.63, 3.8) is 0 Å². The van der Waals surface area contributed by atoms with E-state index in [0.717, 1.165) is 0 Å². The van der Waals surface area contributed by atoms with Crippen LogP contribution in [-0.2, 0) is 0 Å². The van der Waals surface area contributed by atoms with Crippen molar-refractivity contribution >= 4 is 28.1 Å². The van der Waals surface area contributed by atoms with Crippen molar-refractivity contribution in [1.82, 2.24) is 4.98 Å². The Balaban J connectivity index is 2.34. The fourth-order valence-corrected chi connectivity index (χ4v) is 2.56. The van der Waals surface area contributed by atoms with E-state index in [2.05, 4.69) is 4.98 Å². The van der Waals surface area contributed by atoms with Crippen LogP contribution in [0.25, 0.3) is 21.9 Å². The summed E-state index contributed by atoms with van der Waals surface area (Å²) in [7, 11) is 0. The number of aromatic amines is 1. The highest BCUT2D eigenvalue weighted by Crippen LogP contribution is 2.33. The quantitative estimate of drug-likeness (QED) is 0.575. The summed E-state index contributed by atoms with van der Waals surface area (Å²) in [6.07, 6.45) is 1.45. The van der Waals surface area contributed by atoms with Crippen molar-refractivity contribution in [3.8, 4) is 11.1 Å². The van der Waals surface area contributed by atoms with Gasteiger partial charge in [-0.05, 0) is 29.7 Å². The summed E-state index contributed by atoms with van der Waals surface area (Å²) in [4.78, 5) is 24.7. The molecule has 110 valence electrons.